The highest BCUT2D eigenvalue weighted by Gasteiger charge is 2.69. The number of likely N-dealkylation sites (N-methyl/N-ethyl adjacent to an activating group) is 1. The van der Waals surface area contributed by atoms with Crippen molar-refractivity contribution < 1.29 is 50.1 Å². The lowest BCUT2D eigenvalue weighted by Gasteiger charge is -2.55. The average molecular weight is 507 g/mol. The molecule has 1 aromatic carbocycles. The Hall–Kier alpha value is -3.29. The van der Waals surface area contributed by atoms with Crippen LogP contribution >= 0.6 is 0 Å². The molecule has 0 heterocycles. The highest BCUT2D eigenvalue weighted by molar-refractivity contribution is 6.25. The van der Waals surface area contributed by atoms with Crippen molar-refractivity contribution in [3.63, 3.8) is 0 Å². The number of aromatic hydroxyl groups is 1. The molecule has 0 unspecified atom stereocenters. The first-order chi connectivity index (χ1) is 16.6. The van der Waals surface area contributed by atoms with E-state index < -0.39 is 81.1 Å². The normalized spacial score (nSPS) is 33.5. The number of amides is 1. The van der Waals surface area contributed by atoms with Crippen LogP contribution in [-0.2, 0) is 15.2 Å². The van der Waals surface area contributed by atoms with Gasteiger partial charge in [-0.1, -0.05) is 12.1 Å². The van der Waals surface area contributed by atoms with E-state index in [0.29, 0.717) is 0 Å². The first kappa shape index (κ1) is 27.3. The van der Waals surface area contributed by atoms with Gasteiger partial charge in [0, 0.05) is 6.61 Å². The molecule has 0 spiro atoms. The minimum absolute atomic E-state index is 0.0281. The Balaban J connectivity index is 0.00000115. The highest BCUT2D eigenvalue weighted by Crippen LogP contribution is 2.56. The third-order valence-corrected chi connectivity index (χ3v) is 7.04. The fourth-order valence-corrected chi connectivity index (χ4v) is 5.60. The van der Waals surface area contributed by atoms with Crippen LogP contribution in [0.15, 0.2) is 40.9 Å². The largest absolute Gasteiger partial charge is 0.510 e. The number of primary amides is 1. The molecule has 1 aromatic rings. The molecule has 4 rings (SSSR count). The molecule has 1 amide bonds. The molecule has 3 aliphatic rings. The number of nitrogens with two attached hydrogens (primary N) is 1. The zero-order valence-corrected chi connectivity index (χ0v) is 20.1. The molecule has 0 saturated heterocycles. The molecule has 0 saturated carbocycles. The van der Waals surface area contributed by atoms with Gasteiger partial charge >= 0.3 is 0 Å². The highest BCUT2D eigenvalue weighted by atomic mass is 16.4. The molecule has 0 aliphatic heterocycles. The van der Waals surface area contributed by atoms with E-state index in [-0.39, 0.29) is 17.7 Å². The summed E-state index contributed by atoms with van der Waals surface area (Å²) < 4.78 is 0. The second-order valence-corrected chi connectivity index (χ2v) is 9.38. The number of Topliss-reactive ketones (excluding diaryl/α,β-unsaturated/α-hetero) is 2. The number of carbonyl (C=O) groups is 3. The fraction of sp³-hybridized carbons (Fsp3) is 0.458. The monoisotopic (exact) mass is 506 g/mol. The zero-order chi connectivity index (χ0) is 27.5. The lowest BCUT2D eigenvalue weighted by Crippen LogP contribution is -2.70. The SMILES string of the molecule is CCO.CN(C)[C@@H]1C(O)=C(C(N)=O)C(=O)[C@@]2(O)C(O)=C3C(=O)c4c(O)cccc4[C@@](C)(O)[C@H]3[C@H](O)[C@@H]12. The van der Waals surface area contributed by atoms with Crippen molar-refractivity contribution in [3.05, 3.63) is 52.0 Å². The number of aliphatic hydroxyl groups excluding tert-OH is 4. The summed E-state index contributed by atoms with van der Waals surface area (Å²) in [6, 6.07) is 2.54. The Morgan fingerprint density at radius 1 is 1.14 bits per heavy atom. The minimum atomic E-state index is -3.02. The van der Waals surface area contributed by atoms with Crippen molar-refractivity contribution in [1.29, 1.82) is 0 Å². The molecule has 0 bridgehead atoms. The number of benzene rings is 1. The van der Waals surface area contributed by atoms with Crippen LogP contribution in [0, 0.1) is 11.8 Å². The van der Waals surface area contributed by atoms with Crippen molar-refractivity contribution in [2.45, 2.75) is 37.2 Å². The summed E-state index contributed by atoms with van der Waals surface area (Å²) in [6.07, 6.45) is -1.87. The Kier molecular flexibility index (Phi) is 6.81. The smallest absolute Gasteiger partial charge is 0.255 e. The number of phenolic OH excluding ortho intramolecular Hbond substituents is 1. The van der Waals surface area contributed by atoms with Gasteiger partial charge in [-0.25, -0.2) is 0 Å². The van der Waals surface area contributed by atoms with Crippen molar-refractivity contribution in [3.8, 4) is 5.75 Å². The van der Waals surface area contributed by atoms with Crippen LogP contribution in [0.5, 0.6) is 5.75 Å². The zero-order valence-electron chi connectivity index (χ0n) is 20.1. The Morgan fingerprint density at radius 2 is 1.69 bits per heavy atom. The summed E-state index contributed by atoms with van der Waals surface area (Å²) in [5.74, 6) is -9.66. The first-order valence-corrected chi connectivity index (χ1v) is 11.1. The van der Waals surface area contributed by atoms with Gasteiger partial charge in [0.1, 0.15) is 22.8 Å². The number of hydrogen-bond acceptors (Lipinski definition) is 11. The predicted molar refractivity (Wildman–Crippen MR) is 124 cm³/mol. The lowest BCUT2D eigenvalue weighted by atomic mass is 9.54. The molecule has 6 atom stereocenters. The summed E-state index contributed by atoms with van der Waals surface area (Å²) in [6.45, 7) is 3.18. The van der Waals surface area contributed by atoms with Crippen LogP contribution in [0.3, 0.4) is 0 Å². The van der Waals surface area contributed by atoms with Gasteiger partial charge in [0.15, 0.2) is 11.4 Å². The molecule has 0 aromatic heterocycles. The molecular weight excluding hydrogens is 476 g/mol. The van der Waals surface area contributed by atoms with Crippen LogP contribution in [0.25, 0.3) is 0 Å². The van der Waals surface area contributed by atoms with Crippen LogP contribution in [-0.4, -0.2) is 96.6 Å². The van der Waals surface area contributed by atoms with Gasteiger partial charge in [-0.3, -0.25) is 19.3 Å². The van der Waals surface area contributed by atoms with Crippen LogP contribution in [0.4, 0.5) is 0 Å². The van der Waals surface area contributed by atoms with Gasteiger partial charge in [-0.05, 0) is 39.6 Å². The molecule has 3 aliphatic carbocycles. The Bertz CT molecular complexity index is 1200. The van der Waals surface area contributed by atoms with E-state index >= 15 is 0 Å². The maximum atomic E-state index is 13.3. The molecule has 12 heteroatoms. The summed E-state index contributed by atoms with van der Waals surface area (Å²) in [7, 11) is 2.85. The molecule has 36 heavy (non-hydrogen) atoms. The summed E-state index contributed by atoms with van der Waals surface area (Å²) in [5.41, 5.74) is -1.88. The number of nitrogens with zero attached hydrogens (tertiary/aromatic N) is 1. The molecule has 0 radical (unpaired) electrons. The van der Waals surface area contributed by atoms with E-state index in [2.05, 4.69) is 0 Å². The van der Waals surface area contributed by atoms with E-state index in [4.69, 9.17) is 10.8 Å². The molecule has 12 nitrogen and oxygen atoms in total. The van der Waals surface area contributed by atoms with Gasteiger partial charge in [0.25, 0.3) is 5.91 Å². The molecule has 0 fully saturated rings. The number of phenols is 1. The van der Waals surface area contributed by atoms with Crippen molar-refractivity contribution in [1.82, 2.24) is 4.90 Å². The van der Waals surface area contributed by atoms with Crippen LogP contribution in [0.1, 0.15) is 29.8 Å². The first-order valence-electron chi connectivity index (χ1n) is 11.1. The van der Waals surface area contributed by atoms with Gasteiger partial charge in [-0.15, -0.1) is 0 Å². The number of carbonyl (C=O) groups excluding carboxylic acids is 3. The van der Waals surface area contributed by atoms with Crippen molar-refractivity contribution in [2.75, 3.05) is 20.7 Å². The van der Waals surface area contributed by atoms with Gasteiger partial charge < -0.3 is 41.5 Å². The molecule has 196 valence electrons. The minimum Gasteiger partial charge on any atom is -0.510 e. The van der Waals surface area contributed by atoms with E-state index in [0.717, 1.165) is 0 Å². The fourth-order valence-electron chi connectivity index (χ4n) is 5.60. The number of hydrogen-bond donors (Lipinski definition) is 8. The second kappa shape index (κ2) is 8.98. The van der Waals surface area contributed by atoms with Crippen LogP contribution in [0.2, 0.25) is 0 Å². The predicted octanol–water partition coefficient (Wildman–Crippen LogP) is -1.24. The van der Waals surface area contributed by atoms with E-state index in [1.165, 1.54) is 44.1 Å². The van der Waals surface area contributed by atoms with Crippen molar-refractivity contribution >= 4 is 17.5 Å². The van der Waals surface area contributed by atoms with E-state index in [1.807, 2.05) is 0 Å². The Labute approximate surface area is 206 Å². The third kappa shape index (κ3) is 3.44. The second-order valence-electron chi connectivity index (χ2n) is 9.38. The maximum Gasteiger partial charge on any atom is 0.255 e. The van der Waals surface area contributed by atoms with E-state index in [1.54, 1.807) is 6.92 Å². The summed E-state index contributed by atoms with van der Waals surface area (Å²) >= 11 is 0. The van der Waals surface area contributed by atoms with E-state index in [9.17, 15) is 45.0 Å². The Morgan fingerprint density at radius 3 is 2.19 bits per heavy atom. The van der Waals surface area contributed by atoms with Crippen LogP contribution < -0.4 is 5.73 Å². The standard InChI is InChI=1S/C22H24N2O9.C2H6O/c1-21(32)7-5-4-6-8(25)9(7)15(26)10-12(21)17(28)13-14(24(2)3)16(27)11(20(23)31)19(30)22(13,33)18(10)29;1-2-3/h4-6,12-14,17,25,27-29,32-33H,1-3H3,(H2,23,31);3H,2H2,1H3/t12-,13-,14+,17+,21-,22+;/m1./s1. The lowest BCUT2D eigenvalue weighted by molar-refractivity contribution is -0.173. The van der Waals surface area contributed by atoms with Gasteiger partial charge in [-0.2, -0.15) is 0 Å². The summed E-state index contributed by atoms with van der Waals surface area (Å²) in [4.78, 5) is 39.8. The molecular formula is C24H30N2O10. The number of rotatable bonds is 2. The molecule has 9 N–H and O–H groups in total. The quantitative estimate of drug-likeness (QED) is 0.221. The topological polar surface area (TPSA) is 222 Å². The van der Waals surface area contributed by atoms with Gasteiger partial charge in [0.05, 0.1) is 40.7 Å². The third-order valence-electron chi connectivity index (χ3n) is 7.04. The number of fused-ring (bicyclic) bond motifs is 3. The number of ketones is 2. The van der Waals surface area contributed by atoms with Crippen molar-refractivity contribution in [2.24, 2.45) is 17.6 Å². The number of aliphatic hydroxyl groups is 6. The van der Waals surface area contributed by atoms with Gasteiger partial charge in [0.2, 0.25) is 5.78 Å². The maximum absolute atomic E-state index is 13.3. The summed E-state index contributed by atoms with van der Waals surface area (Å²) in [5, 5.41) is 74.0. The average Bonchev–Trinajstić information content (AvgIpc) is 2.76.